The normalized spacial score (nSPS) is 29.7. The summed E-state index contributed by atoms with van der Waals surface area (Å²) in [7, 11) is 0. The molecule has 2 aliphatic rings. The highest BCUT2D eigenvalue weighted by Gasteiger charge is 2.25. The van der Waals surface area contributed by atoms with Gasteiger partial charge in [-0.2, -0.15) is 13.8 Å². The van der Waals surface area contributed by atoms with Crippen molar-refractivity contribution in [2.75, 3.05) is 23.3 Å². The molecular weight excluding hydrogens is 342 g/mol. The molecule has 6 nitrogen and oxygen atoms in total. The van der Waals surface area contributed by atoms with Crippen molar-refractivity contribution in [2.24, 2.45) is 5.73 Å². The molecule has 1 saturated carbocycles. The molecule has 0 unspecified atom stereocenters. The zero-order chi connectivity index (χ0) is 18.7. The molecule has 1 aliphatic heterocycles. The van der Waals surface area contributed by atoms with Crippen molar-refractivity contribution in [3.63, 3.8) is 0 Å². The van der Waals surface area contributed by atoms with Gasteiger partial charge in [0.2, 0.25) is 5.88 Å². The third-order valence-electron chi connectivity index (χ3n) is 4.92. The number of rotatable bonds is 5. The Labute approximate surface area is 153 Å². The summed E-state index contributed by atoms with van der Waals surface area (Å²) in [4.78, 5) is 6.41. The van der Waals surface area contributed by atoms with Gasteiger partial charge in [0.15, 0.2) is 0 Å². The van der Waals surface area contributed by atoms with Gasteiger partial charge in [-0.05, 0) is 51.7 Å². The van der Waals surface area contributed by atoms with Crippen molar-refractivity contribution in [3.05, 3.63) is 12.1 Å². The molecule has 0 spiro atoms. The quantitative estimate of drug-likeness (QED) is 0.830. The maximum atomic E-state index is 12.9. The molecule has 2 fully saturated rings. The Hall–Kier alpha value is -1.67. The number of morpholine rings is 1. The number of nitrogens with one attached hydrogen (secondary N) is 1. The summed E-state index contributed by atoms with van der Waals surface area (Å²) < 4.78 is 36.2. The Kier molecular flexibility index (Phi) is 6.13. The number of anilines is 2. The van der Waals surface area contributed by atoms with Crippen LogP contribution >= 0.6 is 0 Å². The van der Waals surface area contributed by atoms with Gasteiger partial charge >= 0.3 is 6.61 Å². The van der Waals surface area contributed by atoms with Gasteiger partial charge in [0.05, 0.1) is 17.9 Å². The van der Waals surface area contributed by atoms with Crippen LogP contribution in [0.1, 0.15) is 39.5 Å². The molecule has 3 rings (SSSR count). The molecule has 26 heavy (non-hydrogen) atoms. The zero-order valence-corrected chi connectivity index (χ0v) is 15.3. The van der Waals surface area contributed by atoms with Gasteiger partial charge in [-0.15, -0.1) is 0 Å². The molecule has 2 atom stereocenters. The highest BCUT2D eigenvalue weighted by atomic mass is 19.3. The Morgan fingerprint density at radius 1 is 1.19 bits per heavy atom. The number of aromatic nitrogens is 1. The highest BCUT2D eigenvalue weighted by Crippen LogP contribution is 2.31. The molecular formula is C18H28F2N4O2. The topological polar surface area (TPSA) is 72.6 Å². The molecule has 1 aromatic rings. The van der Waals surface area contributed by atoms with Crippen molar-refractivity contribution >= 4 is 11.5 Å². The summed E-state index contributed by atoms with van der Waals surface area (Å²) in [5.74, 6) is 0.568. The number of nitrogens with zero attached hydrogens (tertiary/aromatic N) is 2. The van der Waals surface area contributed by atoms with Crippen LogP contribution in [-0.4, -0.2) is 49.0 Å². The number of pyridine rings is 1. The molecule has 8 heteroatoms. The van der Waals surface area contributed by atoms with Gasteiger partial charge in [0.25, 0.3) is 0 Å². The Morgan fingerprint density at radius 2 is 1.85 bits per heavy atom. The lowest BCUT2D eigenvalue weighted by molar-refractivity contribution is -0.0524. The number of ether oxygens (including phenoxy) is 2. The third-order valence-corrected chi connectivity index (χ3v) is 4.92. The van der Waals surface area contributed by atoms with Crippen molar-refractivity contribution in [2.45, 2.75) is 70.4 Å². The summed E-state index contributed by atoms with van der Waals surface area (Å²) in [5.41, 5.74) is 6.43. The number of alkyl halides is 2. The van der Waals surface area contributed by atoms with Crippen LogP contribution < -0.4 is 20.7 Å². The largest absolute Gasteiger partial charge is 0.415 e. The summed E-state index contributed by atoms with van der Waals surface area (Å²) in [6.45, 7) is 2.39. The van der Waals surface area contributed by atoms with Gasteiger partial charge in [0.1, 0.15) is 5.82 Å². The van der Waals surface area contributed by atoms with Gasteiger partial charge in [-0.1, -0.05) is 0 Å². The lowest BCUT2D eigenvalue weighted by atomic mass is 9.92. The van der Waals surface area contributed by atoms with Crippen LogP contribution in [0.2, 0.25) is 0 Å². The van der Waals surface area contributed by atoms with E-state index in [1.807, 2.05) is 24.8 Å². The summed E-state index contributed by atoms with van der Waals surface area (Å²) in [5, 5.41) is 3.30. The maximum Gasteiger partial charge on any atom is 0.388 e. The van der Waals surface area contributed by atoms with E-state index in [-0.39, 0.29) is 30.2 Å². The monoisotopic (exact) mass is 370 g/mol. The van der Waals surface area contributed by atoms with Gasteiger partial charge in [-0.3, -0.25) is 0 Å². The van der Waals surface area contributed by atoms with Crippen molar-refractivity contribution < 1.29 is 18.3 Å². The van der Waals surface area contributed by atoms with Crippen LogP contribution in [0.25, 0.3) is 0 Å². The molecule has 3 N–H and O–H groups in total. The van der Waals surface area contributed by atoms with E-state index in [0.717, 1.165) is 25.7 Å². The highest BCUT2D eigenvalue weighted by molar-refractivity contribution is 5.58. The second-order valence-electron chi connectivity index (χ2n) is 7.32. The molecule has 1 saturated heterocycles. The van der Waals surface area contributed by atoms with Gasteiger partial charge < -0.3 is 25.4 Å². The summed E-state index contributed by atoms with van der Waals surface area (Å²) in [6, 6.07) is 4.06. The zero-order valence-electron chi connectivity index (χ0n) is 15.3. The van der Waals surface area contributed by atoms with E-state index < -0.39 is 6.61 Å². The molecule has 0 bridgehead atoms. The second-order valence-corrected chi connectivity index (χ2v) is 7.32. The van der Waals surface area contributed by atoms with E-state index >= 15 is 0 Å². The summed E-state index contributed by atoms with van der Waals surface area (Å²) >= 11 is 0. The van der Waals surface area contributed by atoms with E-state index in [4.69, 9.17) is 15.2 Å². The first-order chi connectivity index (χ1) is 12.4. The third kappa shape index (κ3) is 4.94. The van der Waals surface area contributed by atoms with Crippen LogP contribution in [0.5, 0.6) is 5.88 Å². The van der Waals surface area contributed by atoms with Crippen LogP contribution in [0.15, 0.2) is 12.1 Å². The van der Waals surface area contributed by atoms with Crippen LogP contribution in [0.3, 0.4) is 0 Å². The second kappa shape index (κ2) is 8.35. The Bertz CT molecular complexity index is 587. The number of hydrogen-bond acceptors (Lipinski definition) is 6. The fourth-order valence-corrected chi connectivity index (χ4v) is 3.74. The lowest BCUT2D eigenvalue weighted by Gasteiger charge is -2.36. The van der Waals surface area contributed by atoms with E-state index in [0.29, 0.717) is 24.6 Å². The minimum Gasteiger partial charge on any atom is -0.415 e. The van der Waals surface area contributed by atoms with Crippen LogP contribution in [0, 0.1) is 0 Å². The maximum absolute atomic E-state index is 12.9. The fraction of sp³-hybridized carbons (Fsp3) is 0.722. The molecule has 2 heterocycles. The van der Waals surface area contributed by atoms with Crippen LogP contribution in [-0.2, 0) is 4.74 Å². The van der Waals surface area contributed by atoms with E-state index in [9.17, 15) is 8.78 Å². The Morgan fingerprint density at radius 3 is 2.46 bits per heavy atom. The number of hydrogen-bond donors (Lipinski definition) is 2. The predicted octanol–water partition coefficient (Wildman–Crippen LogP) is 2.98. The van der Waals surface area contributed by atoms with E-state index in [1.54, 1.807) is 6.07 Å². The average molecular weight is 370 g/mol. The van der Waals surface area contributed by atoms with Crippen molar-refractivity contribution in [1.82, 2.24) is 4.98 Å². The first-order valence-electron chi connectivity index (χ1n) is 9.29. The molecule has 146 valence electrons. The summed E-state index contributed by atoms with van der Waals surface area (Å²) in [6.07, 6.45) is 3.80. The van der Waals surface area contributed by atoms with Crippen LogP contribution in [0.4, 0.5) is 20.3 Å². The predicted molar refractivity (Wildman–Crippen MR) is 96.9 cm³/mol. The molecule has 1 aromatic heterocycles. The SMILES string of the molecule is C[C@@H]1CN(c2ccc(NC3CCC(N)CC3)c(OC(F)F)n2)C[C@H](C)O1. The lowest BCUT2D eigenvalue weighted by Crippen LogP contribution is -2.45. The first kappa shape index (κ1) is 19.1. The van der Waals surface area contributed by atoms with Crippen molar-refractivity contribution in [3.8, 4) is 5.88 Å². The minimum atomic E-state index is -2.92. The first-order valence-corrected chi connectivity index (χ1v) is 9.29. The molecule has 1 aliphatic carbocycles. The molecule has 0 aromatic carbocycles. The van der Waals surface area contributed by atoms with Gasteiger partial charge in [0, 0.05) is 25.2 Å². The fourth-order valence-electron chi connectivity index (χ4n) is 3.74. The Balaban J connectivity index is 1.76. The standard InChI is InChI=1S/C18H28F2N4O2/c1-11-9-24(10-12(2)25-11)16-8-7-15(17(23-16)26-18(19)20)22-14-5-3-13(21)4-6-14/h7-8,11-14,18,22H,3-6,9-10,21H2,1-2H3/t11-,12+,13?,14?. The van der Waals surface area contributed by atoms with Crippen molar-refractivity contribution in [1.29, 1.82) is 0 Å². The average Bonchev–Trinajstić information content (AvgIpc) is 2.57. The van der Waals surface area contributed by atoms with E-state index in [1.165, 1.54) is 0 Å². The van der Waals surface area contributed by atoms with E-state index in [2.05, 4.69) is 10.3 Å². The smallest absolute Gasteiger partial charge is 0.388 e. The van der Waals surface area contributed by atoms with Gasteiger partial charge in [-0.25, -0.2) is 0 Å². The molecule has 0 amide bonds. The number of nitrogens with two attached hydrogens (primary N) is 1. The molecule has 0 radical (unpaired) electrons. The minimum absolute atomic E-state index is 0.0563. The number of halogens is 2.